The Hall–Kier alpha value is -3.79. The van der Waals surface area contributed by atoms with Gasteiger partial charge in [0.25, 0.3) is 0 Å². The molecule has 1 aromatic heterocycles. The molecule has 35 heavy (non-hydrogen) atoms. The van der Waals surface area contributed by atoms with Crippen molar-refractivity contribution in [3.63, 3.8) is 0 Å². The zero-order chi connectivity index (χ0) is 24.8. The van der Waals surface area contributed by atoms with Gasteiger partial charge >= 0.3 is 0 Å². The average molecular weight is 501 g/mol. The number of rotatable bonds is 8. The van der Waals surface area contributed by atoms with E-state index in [4.69, 9.17) is 26.1 Å². The summed E-state index contributed by atoms with van der Waals surface area (Å²) in [5.74, 6) is 1.31. The van der Waals surface area contributed by atoms with Crippen LogP contribution in [-0.4, -0.2) is 30.7 Å². The SMILES string of the molecule is COc1ccc(OC)c(-c2cc(-c3ccccc3)c(C#N)c(SCC(=O)c3ccc(Cl)cc3)n2)c1. The number of halogens is 1. The van der Waals surface area contributed by atoms with E-state index in [0.29, 0.717) is 38.4 Å². The summed E-state index contributed by atoms with van der Waals surface area (Å²) in [7, 11) is 3.18. The van der Waals surface area contributed by atoms with Crippen molar-refractivity contribution in [1.29, 1.82) is 5.26 Å². The number of ether oxygens (including phenoxy) is 2. The van der Waals surface area contributed by atoms with E-state index in [1.54, 1.807) is 38.5 Å². The van der Waals surface area contributed by atoms with E-state index in [1.807, 2.05) is 54.6 Å². The molecule has 0 aliphatic carbocycles. The van der Waals surface area contributed by atoms with Crippen molar-refractivity contribution in [3.8, 4) is 40.0 Å². The molecule has 4 aromatic rings. The van der Waals surface area contributed by atoms with Crippen molar-refractivity contribution in [2.45, 2.75) is 5.03 Å². The number of benzene rings is 3. The second-order valence-electron chi connectivity index (χ2n) is 7.50. The summed E-state index contributed by atoms with van der Waals surface area (Å²) in [6.07, 6.45) is 0. The summed E-state index contributed by atoms with van der Waals surface area (Å²) in [4.78, 5) is 17.6. The van der Waals surface area contributed by atoms with Crippen LogP contribution >= 0.6 is 23.4 Å². The number of carbonyl (C=O) groups is 1. The highest BCUT2D eigenvalue weighted by molar-refractivity contribution is 8.00. The van der Waals surface area contributed by atoms with Crippen molar-refractivity contribution in [2.75, 3.05) is 20.0 Å². The lowest BCUT2D eigenvalue weighted by Gasteiger charge is -2.15. The third-order valence-electron chi connectivity index (χ3n) is 5.37. The number of aromatic nitrogens is 1. The molecule has 0 radical (unpaired) electrons. The minimum atomic E-state index is -0.0806. The summed E-state index contributed by atoms with van der Waals surface area (Å²) in [6.45, 7) is 0. The van der Waals surface area contributed by atoms with E-state index >= 15 is 0 Å². The highest BCUT2D eigenvalue weighted by Gasteiger charge is 2.19. The number of hydrogen-bond donors (Lipinski definition) is 0. The van der Waals surface area contributed by atoms with Gasteiger partial charge in [-0.2, -0.15) is 5.26 Å². The number of thioether (sulfide) groups is 1. The third-order valence-corrected chi connectivity index (χ3v) is 6.60. The zero-order valence-corrected chi connectivity index (χ0v) is 20.7. The van der Waals surface area contributed by atoms with Gasteiger partial charge < -0.3 is 9.47 Å². The normalized spacial score (nSPS) is 10.5. The molecule has 0 atom stereocenters. The van der Waals surface area contributed by atoms with E-state index in [1.165, 1.54) is 11.8 Å². The Balaban J connectivity index is 1.82. The van der Waals surface area contributed by atoms with Crippen LogP contribution < -0.4 is 9.47 Å². The van der Waals surface area contributed by atoms with Crippen LogP contribution in [0.4, 0.5) is 0 Å². The van der Waals surface area contributed by atoms with Gasteiger partial charge in [0.15, 0.2) is 5.78 Å². The fourth-order valence-electron chi connectivity index (χ4n) is 3.58. The van der Waals surface area contributed by atoms with Crippen molar-refractivity contribution in [1.82, 2.24) is 4.98 Å². The first kappa shape index (κ1) is 24.3. The second-order valence-corrected chi connectivity index (χ2v) is 8.90. The minimum absolute atomic E-state index is 0.0806. The average Bonchev–Trinajstić information content (AvgIpc) is 2.91. The Morgan fingerprint density at radius 2 is 1.71 bits per heavy atom. The van der Waals surface area contributed by atoms with Crippen LogP contribution in [0.25, 0.3) is 22.4 Å². The Bertz CT molecular complexity index is 1400. The molecule has 7 heteroatoms. The number of nitriles is 1. The Labute approximate surface area is 213 Å². The van der Waals surface area contributed by atoms with Gasteiger partial charge in [-0.05, 0) is 54.1 Å². The molecular formula is C28H21ClN2O3S. The van der Waals surface area contributed by atoms with Gasteiger partial charge in [0, 0.05) is 21.7 Å². The van der Waals surface area contributed by atoms with Crippen LogP contribution in [0.5, 0.6) is 11.5 Å². The lowest BCUT2D eigenvalue weighted by Crippen LogP contribution is -2.04. The fourth-order valence-corrected chi connectivity index (χ4v) is 4.61. The fraction of sp³-hybridized carbons (Fsp3) is 0.107. The maximum atomic E-state index is 12.8. The summed E-state index contributed by atoms with van der Waals surface area (Å²) >= 11 is 7.18. The smallest absolute Gasteiger partial charge is 0.173 e. The molecule has 3 aromatic carbocycles. The van der Waals surface area contributed by atoms with E-state index in [9.17, 15) is 10.1 Å². The Morgan fingerprint density at radius 1 is 0.971 bits per heavy atom. The molecule has 0 amide bonds. The van der Waals surface area contributed by atoms with Gasteiger partial charge in [0.2, 0.25) is 0 Å². The maximum absolute atomic E-state index is 12.8. The van der Waals surface area contributed by atoms with E-state index in [0.717, 1.165) is 16.7 Å². The second kappa shape index (κ2) is 11.1. The lowest BCUT2D eigenvalue weighted by molar-refractivity contribution is 0.102. The molecule has 174 valence electrons. The van der Waals surface area contributed by atoms with Gasteiger partial charge in [-0.3, -0.25) is 4.79 Å². The predicted molar refractivity (Wildman–Crippen MR) is 139 cm³/mol. The van der Waals surface area contributed by atoms with E-state index in [2.05, 4.69) is 6.07 Å². The zero-order valence-electron chi connectivity index (χ0n) is 19.1. The molecule has 0 saturated carbocycles. The molecule has 0 spiro atoms. The van der Waals surface area contributed by atoms with Crippen LogP contribution in [-0.2, 0) is 0 Å². The summed E-state index contributed by atoms with van der Waals surface area (Å²) < 4.78 is 11.0. The Morgan fingerprint density at radius 3 is 2.37 bits per heavy atom. The molecule has 4 rings (SSSR count). The number of methoxy groups -OCH3 is 2. The van der Waals surface area contributed by atoms with E-state index in [-0.39, 0.29) is 11.5 Å². The van der Waals surface area contributed by atoms with Crippen LogP contribution in [0.2, 0.25) is 5.02 Å². The van der Waals surface area contributed by atoms with Crippen LogP contribution in [0, 0.1) is 11.3 Å². The minimum Gasteiger partial charge on any atom is -0.497 e. The third kappa shape index (κ3) is 5.48. The first-order chi connectivity index (χ1) is 17.0. The molecule has 0 bridgehead atoms. The molecule has 5 nitrogen and oxygen atoms in total. The monoisotopic (exact) mass is 500 g/mol. The van der Waals surface area contributed by atoms with Crippen molar-refractivity contribution >= 4 is 29.1 Å². The van der Waals surface area contributed by atoms with Gasteiger partial charge in [0.05, 0.1) is 31.2 Å². The quantitative estimate of drug-likeness (QED) is 0.193. The lowest BCUT2D eigenvalue weighted by atomic mass is 9.99. The number of hydrogen-bond acceptors (Lipinski definition) is 6. The van der Waals surface area contributed by atoms with Crippen molar-refractivity contribution < 1.29 is 14.3 Å². The molecule has 0 fully saturated rings. The molecule has 0 unspecified atom stereocenters. The Kier molecular flexibility index (Phi) is 7.71. The number of nitrogens with zero attached hydrogens (tertiary/aromatic N) is 2. The highest BCUT2D eigenvalue weighted by atomic mass is 35.5. The van der Waals surface area contributed by atoms with E-state index < -0.39 is 0 Å². The maximum Gasteiger partial charge on any atom is 0.173 e. The molecule has 0 aliphatic rings. The number of pyridine rings is 1. The van der Waals surface area contributed by atoms with Crippen LogP contribution in [0.1, 0.15) is 15.9 Å². The molecule has 0 N–H and O–H groups in total. The highest BCUT2D eigenvalue weighted by Crippen LogP contribution is 2.38. The number of carbonyl (C=O) groups excluding carboxylic acids is 1. The van der Waals surface area contributed by atoms with Crippen LogP contribution in [0.15, 0.2) is 83.9 Å². The summed E-state index contributed by atoms with van der Waals surface area (Å²) in [6, 6.07) is 26.0. The van der Waals surface area contributed by atoms with Gasteiger partial charge in [-0.1, -0.05) is 53.7 Å². The largest absolute Gasteiger partial charge is 0.497 e. The molecular weight excluding hydrogens is 480 g/mol. The van der Waals surface area contributed by atoms with Gasteiger partial charge in [-0.15, -0.1) is 0 Å². The first-order valence-electron chi connectivity index (χ1n) is 10.7. The van der Waals surface area contributed by atoms with Gasteiger partial charge in [-0.25, -0.2) is 4.98 Å². The molecule has 0 aliphatic heterocycles. The first-order valence-corrected chi connectivity index (χ1v) is 12.0. The summed E-state index contributed by atoms with van der Waals surface area (Å²) in [5.41, 5.74) is 3.90. The predicted octanol–water partition coefficient (Wildman–Crippen LogP) is 6.93. The summed E-state index contributed by atoms with van der Waals surface area (Å²) in [5, 5.41) is 11.1. The van der Waals surface area contributed by atoms with Crippen LogP contribution in [0.3, 0.4) is 0 Å². The van der Waals surface area contributed by atoms with Crippen molar-refractivity contribution in [2.24, 2.45) is 0 Å². The van der Waals surface area contributed by atoms with Gasteiger partial charge in [0.1, 0.15) is 22.6 Å². The van der Waals surface area contributed by atoms with Crippen molar-refractivity contribution in [3.05, 3.63) is 95.0 Å². The standard InChI is InChI=1S/C28H21ClN2O3S/c1-33-21-12-13-27(34-2)23(14-21)25-15-22(18-6-4-3-5-7-18)24(16-30)28(31-25)35-17-26(32)19-8-10-20(29)11-9-19/h3-15H,17H2,1-2H3. The number of ketones is 1. The molecule has 1 heterocycles. The molecule has 0 saturated heterocycles. The number of Topliss-reactive ketones (excluding diaryl/α,β-unsaturated/α-hetero) is 1. The topological polar surface area (TPSA) is 72.2 Å².